The zero-order chi connectivity index (χ0) is 9.68. The van der Waals surface area contributed by atoms with Gasteiger partial charge in [-0.25, -0.2) is 0 Å². The number of aryl methyl sites for hydroxylation is 2. The normalized spacial score (nSPS) is 10.1. The Labute approximate surface area is 83.9 Å². The van der Waals surface area contributed by atoms with Crippen LogP contribution in [0.5, 0.6) is 5.75 Å². The first-order valence-electron chi connectivity index (χ1n) is 4.43. The molecule has 0 aromatic carbocycles. The minimum atomic E-state index is 0.511. The van der Waals surface area contributed by atoms with Crippen molar-refractivity contribution in [2.24, 2.45) is 0 Å². The molecule has 0 spiro atoms. The van der Waals surface area contributed by atoms with Crippen molar-refractivity contribution in [2.75, 3.05) is 12.5 Å². The number of halogens is 1. The zero-order valence-electron chi connectivity index (χ0n) is 8.01. The topological polar surface area (TPSA) is 22.1 Å². The molecule has 1 aromatic heterocycles. The van der Waals surface area contributed by atoms with Crippen LogP contribution in [0, 0.1) is 6.92 Å². The second-order valence-electron chi connectivity index (χ2n) is 2.79. The van der Waals surface area contributed by atoms with E-state index in [1.807, 2.05) is 19.1 Å². The first kappa shape index (κ1) is 10.3. The lowest BCUT2D eigenvalue weighted by Crippen LogP contribution is -2.02. The van der Waals surface area contributed by atoms with Gasteiger partial charge in [-0.1, -0.05) is 6.92 Å². The standard InChI is InChI=1S/C10H14ClNO/c1-3-9-10(13-7-6-11)5-4-8(2)12-9/h4-5H,3,6-7H2,1-2H3. The molecule has 1 aromatic rings. The highest BCUT2D eigenvalue weighted by atomic mass is 35.5. The van der Waals surface area contributed by atoms with Gasteiger partial charge in [-0.3, -0.25) is 4.98 Å². The minimum Gasteiger partial charge on any atom is -0.490 e. The molecule has 0 atom stereocenters. The summed E-state index contributed by atoms with van der Waals surface area (Å²) in [5.74, 6) is 1.37. The van der Waals surface area contributed by atoms with Gasteiger partial charge in [-0.15, -0.1) is 11.6 Å². The van der Waals surface area contributed by atoms with Crippen molar-refractivity contribution in [3.8, 4) is 5.75 Å². The van der Waals surface area contributed by atoms with E-state index in [0.717, 1.165) is 23.6 Å². The Morgan fingerprint density at radius 3 is 2.85 bits per heavy atom. The summed E-state index contributed by atoms with van der Waals surface area (Å²) >= 11 is 5.53. The van der Waals surface area contributed by atoms with E-state index in [0.29, 0.717) is 12.5 Å². The van der Waals surface area contributed by atoms with Crippen LogP contribution in [0.2, 0.25) is 0 Å². The van der Waals surface area contributed by atoms with Gasteiger partial charge in [0.15, 0.2) is 0 Å². The summed E-state index contributed by atoms with van der Waals surface area (Å²) in [5, 5.41) is 0. The Kier molecular flexibility index (Phi) is 4.03. The van der Waals surface area contributed by atoms with Crippen LogP contribution in [0.15, 0.2) is 12.1 Å². The van der Waals surface area contributed by atoms with Crippen LogP contribution < -0.4 is 4.74 Å². The van der Waals surface area contributed by atoms with Crippen LogP contribution >= 0.6 is 11.6 Å². The number of alkyl halides is 1. The van der Waals surface area contributed by atoms with Gasteiger partial charge in [0.2, 0.25) is 0 Å². The molecule has 0 amide bonds. The highest BCUT2D eigenvalue weighted by Crippen LogP contribution is 2.17. The average molecular weight is 200 g/mol. The molecule has 0 aliphatic carbocycles. The third-order valence-corrected chi connectivity index (χ3v) is 1.90. The Bertz CT molecular complexity index is 276. The summed E-state index contributed by atoms with van der Waals surface area (Å²) < 4.78 is 5.44. The summed E-state index contributed by atoms with van der Waals surface area (Å²) in [7, 11) is 0. The molecule has 2 nitrogen and oxygen atoms in total. The monoisotopic (exact) mass is 199 g/mol. The largest absolute Gasteiger partial charge is 0.490 e. The number of hydrogen-bond acceptors (Lipinski definition) is 2. The highest BCUT2D eigenvalue weighted by Gasteiger charge is 2.02. The predicted molar refractivity (Wildman–Crippen MR) is 54.6 cm³/mol. The molecule has 0 aliphatic heterocycles. The summed E-state index contributed by atoms with van der Waals surface area (Å²) in [6, 6.07) is 3.90. The molecular weight excluding hydrogens is 186 g/mol. The molecule has 3 heteroatoms. The van der Waals surface area contributed by atoms with Gasteiger partial charge in [0.25, 0.3) is 0 Å². The van der Waals surface area contributed by atoms with Crippen molar-refractivity contribution in [1.29, 1.82) is 0 Å². The van der Waals surface area contributed by atoms with E-state index >= 15 is 0 Å². The molecule has 0 bridgehead atoms. The number of pyridine rings is 1. The van der Waals surface area contributed by atoms with Gasteiger partial charge in [-0.05, 0) is 25.5 Å². The van der Waals surface area contributed by atoms with E-state index < -0.39 is 0 Å². The first-order valence-corrected chi connectivity index (χ1v) is 4.96. The predicted octanol–water partition coefficient (Wildman–Crippen LogP) is 2.57. The average Bonchev–Trinajstić information content (AvgIpc) is 2.16. The second kappa shape index (κ2) is 5.07. The number of ether oxygens (including phenoxy) is 1. The molecule has 72 valence electrons. The first-order chi connectivity index (χ1) is 6.27. The van der Waals surface area contributed by atoms with Gasteiger partial charge in [0.1, 0.15) is 12.4 Å². The van der Waals surface area contributed by atoms with E-state index in [2.05, 4.69) is 11.9 Å². The van der Waals surface area contributed by atoms with E-state index in [4.69, 9.17) is 16.3 Å². The van der Waals surface area contributed by atoms with Crippen molar-refractivity contribution in [1.82, 2.24) is 4.98 Å². The van der Waals surface area contributed by atoms with E-state index in [1.54, 1.807) is 0 Å². The van der Waals surface area contributed by atoms with Crippen molar-refractivity contribution in [3.05, 3.63) is 23.5 Å². The summed E-state index contributed by atoms with van der Waals surface area (Å²) in [5.41, 5.74) is 2.03. The van der Waals surface area contributed by atoms with Crippen LogP contribution in [-0.4, -0.2) is 17.5 Å². The maximum Gasteiger partial charge on any atom is 0.140 e. The third kappa shape index (κ3) is 2.88. The number of rotatable bonds is 4. The van der Waals surface area contributed by atoms with Crippen LogP contribution in [0.4, 0.5) is 0 Å². The Morgan fingerprint density at radius 2 is 2.23 bits per heavy atom. The number of aromatic nitrogens is 1. The fraction of sp³-hybridized carbons (Fsp3) is 0.500. The van der Waals surface area contributed by atoms with E-state index in [1.165, 1.54) is 0 Å². The van der Waals surface area contributed by atoms with E-state index in [-0.39, 0.29) is 0 Å². The minimum absolute atomic E-state index is 0.511. The Hall–Kier alpha value is -0.760. The van der Waals surface area contributed by atoms with Gasteiger partial charge in [-0.2, -0.15) is 0 Å². The van der Waals surface area contributed by atoms with Gasteiger partial charge in [0.05, 0.1) is 11.6 Å². The molecule has 0 unspecified atom stereocenters. The maximum absolute atomic E-state index is 5.53. The maximum atomic E-state index is 5.53. The number of hydrogen-bond donors (Lipinski definition) is 0. The quantitative estimate of drug-likeness (QED) is 0.696. The Morgan fingerprint density at radius 1 is 1.46 bits per heavy atom. The molecule has 0 aliphatic rings. The summed E-state index contributed by atoms with van der Waals surface area (Å²) in [6.07, 6.45) is 0.888. The molecule has 1 heterocycles. The van der Waals surface area contributed by atoms with Crippen molar-refractivity contribution < 1.29 is 4.74 Å². The zero-order valence-corrected chi connectivity index (χ0v) is 8.77. The smallest absolute Gasteiger partial charge is 0.140 e. The summed E-state index contributed by atoms with van der Waals surface area (Å²) in [6.45, 7) is 4.58. The van der Waals surface area contributed by atoms with Crippen molar-refractivity contribution in [3.63, 3.8) is 0 Å². The molecule has 1 rings (SSSR count). The molecular formula is C10H14ClNO. The number of nitrogens with zero attached hydrogens (tertiary/aromatic N) is 1. The SMILES string of the molecule is CCc1nc(C)ccc1OCCCl. The van der Waals surface area contributed by atoms with Gasteiger partial charge < -0.3 is 4.74 Å². The molecule has 0 saturated carbocycles. The van der Waals surface area contributed by atoms with Crippen LogP contribution in [-0.2, 0) is 6.42 Å². The molecule has 0 radical (unpaired) electrons. The van der Waals surface area contributed by atoms with Crippen LogP contribution in [0.3, 0.4) is 0 Å². The molecule has 0 fully saturated rings. The molecule has 13 heavy (non-hydrogen) atoms. The van der Waals surface area contributed by atoms with Gasteiger partial charge >= 0.3 is 0 Å². The molecule has 0 saturated heterocycles. The fourth-order valence-corrected chi connectivity index (χ4v) is 1.21. The lowest BCUT2D eigenvalue weighted by Gasteiger charge is -2.08. The lowest BCUT2D eigenvalue weighted by atomic mass is 10.2. The van der Waals surface area contributed by atoms with E-state index in [9.17, 15) is 0 Å². The van der Waals surface area contributed by atoms with Crippen molar-refractivity contribution in [2.45, 2.75) is 20.3 Å². The fourth-order valence-electron chi connectivity index (χ4n) is 1.13. The lowest BCUT2D eigenvalue weighted by molar-refractivity contribution is 0.337. The summed E-state index contributed by atoms with van der Waals surface area (Å²) in [4.78, 5) is 4.38. The second-order valence-corrected chi connectivity index (χ2v) is 3.17. The molecule has 0 N–H and O–H groups in total. The van der Waals surface area contributed by atoms with Gasteiger partial charge in [0, 0.05) is 5.69 Å². The van der Waals surface area contributed by atoms with Crippen molar-refractivity contribution >= 4 is 11.6 Å². The van der Waals surface area contributed by atoms with Crippen LogP contribution in [0.25, 0.3) is 0 Å². The third-order valence-electron chi connectivity index (χ3n) is 1.74. The highest BCUT2D eigenvalue weighted by molar-refractivity contribution is 6.17. The Balaban J connectivity index is 2.79. The van der Waals surface area contributed by atoms with Crippen LogP contribution in [0.1, 0.15) is 18.3 Å².